The first-order chi connectivity index (χ1) is 11.3. The van der Waals surface area contributed by atoms with Crippen molar-refractivity contribution in [2.45, 2.75) is 51.0 Å². The Hall–Kier alpha value is -1.78. The summed E-state index contributed by atoms with van der Waals surface area (Å²) in [5.74, 6) is 0.0477. The van der Waals surface area contributed by atoms with Crippen LogP contribution in [0.2, 0.25) is 0 Å². The van der Waals surface area contributed by atoms with Gasteiger partial charge < -0.3 is 5.32 Å². The number of carbonyl (C=O) groups excluding carboxylic acids is 1. The third-order valence-corrected chi connectivity index (χ3v) is 4.80. The van der Waals surface area contributed by atoms with Crippen LogP contribution >= 0.6 is 11.9 Å². The smallest absolute Gasteiger partial charge is 0.224 e. The molecule has 0 bridgehead atoms. The Balaban J connectivity index is 1.88. The van der Waals surface area contributed by atoms with Gasteiger partial charge >= 0.3 is 0 Å². The molecule has 24 heavy (non-hydrogen) atoms. The van der Waals surface area contributed by atoms with Crippen molar-refractivity contribution < 1.29 is 4.79 Å². The molecule has 0 atom stereocenters. The lowest BCUT2D eigenvalue weighted by molar-refractivity contribution is -0.116. The van der Waals surface area contributed by atoms with E-state index in [9.17, 15) is 4.79 Å². The quantitative estimate of drug-likeness (QED) is 0.729. The highest BCUT2D eigenvalue weighted by molar-refractivity contribution is 7.97. The molecule has 0 unspecified atom stereocenters. The van der Waals surface area contributed by atoms with E-state index in [1.807, 2.05) is 48.5 Å². The molecule has 0 saturated carbocycles. The predicted octanol–water partition coefficient (Wildman–Crippen LogP) is 4.96. The van der Waals surface area contributed by atoms with Crippen LogP contribution in [0.1, 0.15) is 38.3 Å². The maximum absolute atomic E-state index is 12.1. The zero-order valence-electron chi connectivity index (χ0n) is 14.8. The zero-order chi connectivity index (χ0) is 17.6. The van der Waals surface area contributed by atoms with Crippen molar-refractivity contribution in [1.29, 1.82) is 0 Å². The highest BCUT2D eigenvalue weighted by Gasteiger charge is 2.11. The number of amides is 1. The van der Waals surface area contributed by atoms with Gasteiger partial charge in [0.2, 0.25) is 5.91 Å². The van der Waals surface area contributed by atoms with Crippen molar-refractivity contribution in [2.75, 3.05) is 5.32 Å². The first kappa shape index (κ1) is 18.6. The summed E-state index contributed by atoms with van der Waals surface area (Å²) in [6, 6.07) is 16.1. The topological polar surface area (TPSA) is 41.1 Å². The molecule has 2 rings (SSSR count). The van der Waals surface area contributed by atoms with Crippen LogP contribution in [0.5, 0.6) is 0 Å². The fourth-order valence-corrected chi connectivity index (χ4v) is 2.95. The average Bonchev–Trinajstić information content (AvgIpc) is 2.52. The lowest BCUT2D eigenvalue weighted by atomic mass is 10.1. The van der Waals surface area contributed by atoms with Gasteiger partial charge in [0.15, 0.2) is 0 Å². The number of benzene rings is 2. The standard InChI is InChI=1S/C20H26N2OS/c1-15-14-17(11-12-18(15)24-22-20(2,3)4)21-19(23)13-10-16-8-6-5-7-9-16/h5-9,11-12,14,22H,10,13H2,1-4H3,(H,21,23). The molecular formula is C20H26N2OS. The molecule has 2 N–H and O–H groups in total. The molecule has 0 aliphatic carbocycles. The van der Waals surface area contributed by atoms with Gasteiger partial charge in [-0.15, -0.1) is 0 Å². The normalized spacial score (nSPS) is 11.3. The minimum absolute atomic E-state index is 0.0477. The number of rotatable bonds is 6. The van der Waals surface area contributed by atoms with Gasteiger partial charge in [-0.2, -0.15) is 0 Å². The molecular weight excluding hydrogens is 316 g/mol. The van der Waals surface area contributed by atoms with Gasteiger partial charge in [-0.3, -0.25) is 9.52 Å². The maximum Gasteiger partial charge on any atom is 0.224 e. The molecule has 0 spiro atoms. The van der Waals surface area contributed by atoms with Crippen molar-refractivity contribution in [3.05, 3.63) is 59.7 Å². The van der Waals surface area contributed by atoms with Gasteiger partial charge in [-0.05, 0) is 75.4 Å². The first-order valence-electron chi connectivity index (χ1n) is 8.22. The Kier molecular flexibility index (Phi) is 6.46. The Labute approximate surface area is 149 Å². The largest absolute Gasteiger partial charge is 0.326 e. The summed E-state index contributed by atoms with van der Waals surface area (Å²) < 4.78 is 3.41. The summed E-state index contributed by atoms with van der Waals surface area (Å²) in [6.45, 7) is 8.47. The molecule has 4 heteroatoms. The Morgan fingerprint density at radius 3 is 2.42 bits per heavy atom. The molecule has 3 nitrogen and oxygen atoms in total. The molecule has 0 fully saturated rings. The highest BCUT2D eigenvalue weighted by Crippen LogP contribution is 2.25. The van der Waals surface area contributed by atoms with Crippen molar-refractivity contribution in [3.8, 4) is 0 Å². The number of aryl methyl sites for hydroxylation is 2. The van der Waals surface area contributed by atoms with Gasteiger partial charge in [0.25, 0.3) is 0 Å². The zero-order valence-corrected chi connectivity index (χ0v) is 15.7. The third kappa shape index (κ3) is 6.38. The van der Waals surface area contributed by atoms with Crippen LogP contribution < -0.4 is 10.0 Å². The SMILES string of the molecule is Cc1cc(NC(=O)CCc2ccccc2)ccc1SNC(C)(C)C. The van der Waals surface area contributed by atoms with E-state index >= 15 is 0 Å². The average molecular weight is 343 g/mol. The lowest BCUT2D eigenvalue weighted by Crippen LogP contribution is -2.29. The lowest BCUT2D eigenvalue weighted by Gasteiger charge is -2.20. The van der Waals surface area contributed by atoms with Gasteiger partial charge in [0.05, 0.1) is 0 Å². The van der Waals surface area contributed by atoms with Crippen LogP contribution in [0.15, 0.2) is 53.4 Å². The van der Waals surface area contributed by atoms with Crippen LogP contribution in [0, 0.1) is 6.92 Å². The van der Waals surface area contributed by atoms with E-state index in [-0.39, 0.29) is 11.4 Å². The Morgan fingerprint density at radius 1 is 1.08 bits per heavy atom. The molecule has 0 radical (unpaired) electrons. The summed E-state index contributed by atoms with van der Waals surface area (Å²) >= 11 is 1.63. The van der Waals surface area contributed by atoms with Gasteiger partial charge in [-0.1, -0.05) is 30.3 Å². The summed E-state index contributed by atoms with van der Waals surface area (Å²) in [5, 5.41) is 2.98. The van der Waals surface area contributed by atoms with Gasteiger partial charge in [0, 0.05) is 22.5 Å². The minimum Gasteiger partial charge on any atom is -0.326 e. The summed E-state index contributed by atoms with van der Waals surface area (Å²) in [7, 11) is 0. The molecule has 128 valence electrons. The fraction of sp³-hybridized carbons (Fsp3) is 0.350. The summed E-state index contributed by atoms with van der Waals surface area (Å²) in [4.78, 5) is 13.3. The van der Waals surface area contributed by atoms with E-state index in [1.54, 1.807) is 11.9 Å². The number of hydrogen-bond donors (Lipinski definition) is 2. The first-order valence-corrected chi connectivity index (χ1v) is 9.03. The van der Waals surface area contributed by atoms with Crippen molar-refractivity contribution in [3.63, 3.8) is 0 Å². The van der Waals surface area contributed by atoms with Crippen molar-refractivity contribution >= 4 is 23.5 Å². The molecule has 0 aliphatic rings. The highest BCUT2D eigenvalue weighted by atomic mass is 32.2. The van der Waals surface area contributed by atoms with Crippen LogP contribution in [0.3, 0.4) is 0 Å². The van der Waals surface area contributed by atoms with Gasteiger partial charge in [-0.25, -0.2) is 0 Å². The Morgan fingerprint density at radius 2 is 1.79 bits per heavy atom. The molecule has 2 aromatic carbocycles. The van der Waals surface area contributed by atoms with Crippen LogP contribution in [0.4, 0.5) is 5.69 Å². The number of anilines is 1. The summed E-state index contributed by atoms with van der Waals surface area (Å²) in [6.07, 6.45) is 1.25. The molecule has 0 aliphatic heterocycles. The van der Waals surface area contributed by atoms with Crippen LogP contribution in [0.25, 0.3) is 0 Å². The van der Waals surface area contributed by atoms with E-state index in [2.05, 4.69) is 37.7 Å². The summed E-state index contributed by atoms with van der Waals surface area (Å²) in [5.41, 5.74) is 3.24. The van der Waals surface area contributed by atoms with E-state index < -0.39 is 0 Å². The second kappa shape index (κ2) is 8.36. The van der Waals surface area contributed by atoms with Gasteiger partial charge in [0.1, 0.15) is 0 Å². The van der Waals surface area contributed by atoms with Crippen LogP contribution in [-0.2, 0) is 11.2 Å². The molecule has 0 aromatic heterocycles. The molecule has 1 amide bonds. The number of nitrogens with one attached hydrogen (secondary N) is 2. The second-order valence-electron chi connectivity index (χ2n) is 6.97. The predicted molar refractivity (Wildman–Crippen MR) is 103 cm³/mol. The molecule has 0 saturated heterocycles. The maximum atomic E-state index is 12.1. The number of hydrogen-bond acceptors (Lipinski definition) is 3. The Bertz CT molecular complexity index is 678. The number of carbonyl (C=O) groups is 1. The minimum atomic E-state index is 0.0477. The monoisotopic (exact) mass is 342 g/mol. The van der Waals surface area contributed by atoms with E-state index in [0.717, 1.165) is 17.7 Å². The second-order valence-corrected chi connectivity index (χ2v) is 7.82. The molecule has 0 heterocycles. The third-order valence-electron chi connectivity index (χ3n) is 3.41. The van der Waals surface area contributed by atoms with Crippen LogP contribution in [-0.4, -0.2) is 11.4 Å². The van der Waals surface area contributed by atoms with E-state index in [1.165, 1.54) is 10.5 Å². The van der Waals surface area contributed by atoms with Crippen molar-refractivity contribution in [1.82, 2.24) is 4.72 Å². The van der Waals surface area contributed by atoms with Crippen molar-refractivity contribution in [2.24, 2.45) is 0 Å². The van der Waals surface area contributed by atoms with E-state index in [4.69, 9.17) is 0 Å². The fourth-order valence-electron chi connectivity index (χ4n) is 2.18. The molecule has 2 aromatic rings. The van der Waals surface area contributed by atoms with E-state index in [0.29, 0.717) is 6.42 Å².